The third-order valence-electron chi connectivity index (χ3n) is 4.86. The number of hydrogen-bond donors (Lipinski definition) is 2. The van der Waals surface area contributed by atoms with Gasteiger partial charge in [0.1, 0.15) is 6.54 Å². The molecule has 3 heterocycles. The standard InChI is InChI=1S/C21H21N5OS/c1-25-13-7-11-17(25)20-19(16-10-5-6-12-22-16)24-21(28)26(20)14-18(27)23-15-8-3-2-4-9-15/h2-13,19-20H,14H2,1H3,(H,23,27)(H,24,28)/t19-,20-/m0/s1. The Bertz CT molecular complexity index is 973. The van der Waals surface area contributed by atoms with Crippen molar-refractivity contribution in [3.8, 4) is 0 Å². The molecule has 1 fully saturated rings. The fourth-order valence-corrected chi connectivity index (χ4v) is 3.86. The fraction of sp³-hybridized carbons (Fsp3) is 0.190. The molecule has 4 rings (SSSR count). The van der Waals surface area contributed by atoms with Gasteiger partial charge in [0.25, 0.3) is 0 Å². The van der Waals surface area contributed by atoms with E-state index < -0.39 is 0 Å². The third kappa shape index (κ3) is 3.61. The van der Waals surface area contributed by atoms with Crippen molar-refractivity contribution in [2.45, 2.75) is 12.1 Å². The Balaban J connectivity index is 1.62. The van der Waals surface area contributed by atoms with E-state index in [-0.39, 0.29) is 24.5 Å². The number of rotatable bonds is 5. The molecule has 28 heavy (non-hydrogen) atoms. The van der Waals surface area contributed by atoms with E-state index in [4.69, 9.17) is 12.2 Å². The number of anilines is 1. The van der Waals surface area contributed by atoms with E-state index in [1.807, 2.05) is 72.7 Å². The number of carbonyl (C=O) groups is 1. The highest BCUT2D eigenvalue weighted by Crippen LogP contribution is 2.38. The molecule has 0 bridgehead atoms. The first kappa shape index (κ1) is 18.2. The Morgan fingerprint density at radius 2 is 1.93 bits per heavy atom. The Morgan fingerprint density at radius 1 is 1.14 bits per heavy atom. The van der Waals surface area contributed by atoms with Gasteiger partial charge >= 0.3 is 0 Å². The topological polar surface area (TPSA) is 62.2 Å². The first-order valence-electron chi connectivity index (χ1n) is 9.07. The van der Waals surface area contributed by atoms with Crippen molar-refractivity contribution in [3.05, 3.63) is 84.4 Å². The molecule has 1 amide bonds. The maximum Gasteiger partial charge on any atom is 0.244 e. The summed E-state index contributed by atoms with van der Waals surface area (Å²) in [5.74, 6) is -0.115. The van der Waals surface area contributed by atoms with Gasteiger partial charge < -0.3 is 20.1 Å². The molecule has 2 N–H and O–H groups in total. The molecular weight excluding hydrogens is 370 g/mol. The normalized spacial score (nSPS) is 18.8. The highest BCUT2D eigenvalue weighted by Gasteiger charge is 2.41. The number of aromatic nitrogens is 2. The maximum absolute atomic E-state index is 12.7. The van der Waals surface area contributed by atoms with Gasteiger partial charge in [0.2, 0.25) is 5.91 Å². The largest absolute Gasteiger partial charge is 0.353 e. The van der Waals surface area contributed by atoms with Gasteiger partial charge in [-0.2, -0.15) is 0 Å². The number of aryl methyl sites for hydroxylation is 1. The summed E-state index contributed by atoms with van der Waals surface area (Å²) in [6.07, 6.45) is 3.77. The molecule has 1 aromatic carbocycles. The van der Waals surface area contributed by atoms with Crippen molar-refractivity contribution < 1.29 is 4.79 Å². The molecule has 7 heteroatoms. The number of pyridine rings is 1. The zero-order valence-electron chi connectivity index (χ0n) is 15.4. The van der Waals surface area contributed by atoms with Gasteiger partial charge in [0.05, 0.1) is 17.8 Å². The first-order chi connectivity index (χ1) is 13.6. The Kier molecular flexibility index (Phi) is 5.08. The van der Waals surface area contributed by atoms with Gasteiger partial charge in [-0.05, 0) is 48.6 Å². The van der Waals surface area contributed by atoms with Crippen LogP contribution in [0.15, 0.2) is 73.1 Å². The number of hydrogen-bond acceptors (Lipinski definition) is 3. The van der Waals surface area contributed by atoms with Crippen LogP contribution in [0.5, 0.6) is 0 Å². The Morgan fingerprint density at radius 3 is 2.61 bits per heavy atom. The minimum atomic E-state index is -0.135. The van der Waals surface area contributed by atoms with Crippen LogP contribution in [0.25, 0.3) is 0 Å². The summed E-state index contributed by atoms with van der Waals surface area (Å²) in [7, 11) is 1.99. The molecule has 0 spiro atoms. The quantitative estimate of drug-likeness (QED) is 0.655. The molecule has 142 valence electrons. The number of para-hydroxylation sites is 1. The average Bonchev–Trinajstić information content (AvgIpc) is 3.26. The smallest absolute Gasteiger partial charge is 0.244 e. The van der Waals surface area contributed by atoms with E-state index in [2.05, 4.69) is 26.3 Å². The minimum Gasteiger partial charge on any atom is -0.353 e. The van der Waals surface area contributed by atoms with E-state index in [9.17, 15) is 4.79 Å². The number of carbonyl (C=O) groups excluding carboxylic acids is 1. The van der Waals surface area contributed by atoms with E-state index in [1.54, 1.807) is 6.20 Å². The fourth-order valence-electron chi connectivity index (χ4n) is 3.56. The van der Waals surface area contributed by atoms with Crippen LogP contribution >= 0.6 is 12.2 Å². The predicted molar refractivity (Wildman–Crippen MR) is 113 cm³/mol. The summed E-state index contributed by atoms with van der Waals surface area (Å²) in [6, 6.07) is 19.0. The van der Waals surface area contributed by atoms with E-state index in [0.717, 1.165) is 17.1 Å². The zero-order valence-corrected chi connectivity index (χ0v) is 16.3. The van der Waals surface area contributed by atoms with Crippen LogP contribution in [0.3, 0.4) is 0 Å². The van der Waals surface area contributed by atoms with Gasteiger partial charge in [-0.1, -0.05) is 24.3 Å². The van der Waals surface area contributed by atoms with E-state index >= 15 is 0 Å². The molecular formula is C21H21N5OS. The van der Waals surface area contributed by atoms with E-state index in [1.165, 1.54) is 0 Å². The van der Waals surface area contributed by atoms with Crippen LogP contribution < -0.4 is 10.6 Å². The molecule has 0 aliphatic carbocycles. The van der Waals surface area contributed by atoms with Crippen molar-refractivity contribution in [1.82, 2.24) is 19.8 Å². The van der Waals surface area contributed by atoms with Gasteiger partial charge in [-0.3, -0.25) is 9.78 Å². The second-order valence-corrected chi connectivity index (χ2v) is 7.10. The highest BCUT2D eigenvalue weighted by molar-refractivity contribution is 7.80. The lowest BCUT2D eigenvalue weighted by atomic mass is 10.0. The molecule has 0 radical (unpaired) electrons. The lowest BCUT2D eigenvalue weighted by Crippen LogP contribution is -2.37. The van der Waals surface area contributed by atoms with Crippen LogP contribution in [-0.4, -0.2) is 32.0 Å². The molecule has 2 atom stereocenters. The summed E-state index contributed by atoms with van der Waals surface area (Å²) in [5, 5.41) is 6.84. The predicted octanol–water partition coefficient (Wildman–Crippen LogP) is 3.03. The molecule has 1 aliphatic heterocycles. The van der Waals surface area contributed by atoms with Crippen molar-refractivity contribution in [3.63, 3.8) is 0 Å². The minimum absolute atomic E-state index is 0.115. The van der Waals surface area contributed by atoms with Crippen LogP contribution in [0, 0.1) is 0 Å². The Labute approximate surface area is 169 Å². The third-order valence-corrected chi connectivity index (χ3v) is 5.21. The van der Waals surface area contributed by atoms with Gasteiger partial charge in [0.15, 0.2) is 5.11 Å². The number of amides is 1. The first-order valence-corrected chi connectivity index (χ1v) is 9.48. The van der Waals surface area contributed by atoms with Crippen LogP contribution in [0.2, 0.25) is 0 Å². The zero-order chi connectivity index (χ0) is 19.5. The SMILES string of the molecule is Cn1cccc1[C@H]1[C@H](c2ccccn2)NC(=S)N1CC(=O)Nc1ccccc1. The second-order valence-electron chi connectivity index (χ2n) is 6.71. The number of benzene rings is 1. The molecule has 1 aliphatic rings. The molecule has 0 saturated carbocycles. The summed E-state index contributed by atoms with van der Waals surface area (Å²) < 4.78 is 2.05. The average molecular weight is 392 g/mol. The summed E-state index contributed by atoms with van der Waals surface area (Å²) in [6.45, 7) is 0.153. The van der Waals surface area contributed by atoms with Crippen molar-refractivity contribution in [2.24, 2.45) is 7.05 Å². The molecule has 1 saturated heterocycles. The van der Waals surface area contributed by atoms with E-state index in [0.29, 0.717) is 5.11 Å². The monoisotopic (exact) mass is 391 g/mol. The highest BCUT2D eigenvalue weighted by atomic mass is 32.1. The number of nitrogens with one attached hydrogen (secondary N) is 2. The van der Waals surface area contributed by atoms with Gasteiger partial charge in [0, 0.05) is 30.8 Å². The summed E-state index contributed by atoms with van der Waals surface area (Å²) in [5.41, 5.74) is 2.72. The molecule has 2 aromatic heterocycles. The lowest BCUT2D eigenvalue weighted by Gasteiger charge is -2.27. The molecule has 0 unspecified atom stereocenters. The summed E-state index contributed by atoms with van der Waals surface area (Å²) in [4.78, 5) is 19.1. The van der Waals surface area contributed by atoms with Gasteiger partial charge in [-0.25, -0.2) is 0 Å². The Hall–Kier alpha value is -3.19. The van der Waals surface area contributed by atoms with Crippen LogP contribution in [0.4, 0.5) is 5.69 Å². The lowest BCUT2D eigenvalue weighted by molar-refractivity contribution is -0.116. The van der Waals surface area contributed by atoms with Crippen molar-refractivity contribution in [2.75, 3.05) is 11.9 Å². The van der Waals surface area contributed by atoms with Crippen LogP contribution in [0.1, 0.15) is 23.5 Å². The second kappa shape index (κ2) is 7.82. The number of nitrogens with zero attached hydrogens (tertiary/aromatic N) is 3. The maximum atomic E-state index is 12.7. The molecule has 3 aromatic rings. The van der Waals surface area contributed by atoms with Crippen molar-refractivity contribution >= 4 is 28.9 Å². The van der Waals surface area contributed by atoms with Crippen LogP contribution in [-0.2, 0) is 11.8 Å². The summed E-state index contributed by atoms with van der Waals surface area (Å²) >= 11 is 5.59. The van der Waals surface area contributed by atoms with Crippen molar-refractivity contribution in [1.29, 1.82) is 0 Å². The molecule has 6 nitrogen and oxygen atoms in total. The van der Waals surface area contributed by atoms with Gasteiger partial charge in [-0.15, -0.1) is 0 Å². The number of thiocarbonyl (C=S) groups is 1.